The molecule has 0 saturated heterocycles. The number of halogens is 1. The average Bonchev–Trinajstić information content (AvgIpc) is 3.02. The predicted molar refractivity (Wildman–Crippen MR) is 78.5 cm³/mol. The van der Waals surface area contributed by atoms with Gasteiger partial charge in [0.15, 0.2) is 0 Å². The number of hydrogen-bond acceptors (Lipinski definition) is 2. The van der Waals surface area contributed by atoms with E-state index in [2.05, 4.69) is 34.8 Å². The van der Waals surface area contributed by atoms with E-state index in [4.69, 9.17) is 0 Å². The standard InChI is InChI=1S/C15H22BrNO/c1-11-9-12(11)10-17(2)8-7-15(18)13-5-3-4-6-14(13)16/h3-6,11-12,15,18H,7-10H2,1-2H3. The Morgan fingerprint density at radius 1 is 1.44 bits per heavy atom. The Hall–Kier alpha value is -0.380. The van der Waals surface area contributed by atoms with Crippen molar-refractivity contribution in [2.75, 3.05) is 20.1 Å². The summed E-state index contributed by atoms with van der Waals surface area (Å²) in [4.78, 5) is 2.34. The Morgan fingerprint density at radius 3 is 2.72 bits per heavy atom. The largest absolute Gasteiger partial charge is 0.388 e. The second-order valence-electron chi connectivity index (χ2n) is 5.56. The molecular formula is C15H22BrNO. The average molecular weight is 312 g/mol. The van der Waals surface area contributed by atoms with Crippen molar-refractivity contribution in [3.05, 3.63) is 34.3 Å². The molecule has 18 heavy (non-hydrogen) atoms. The summed E-state index contributed by atoms with van der Waals surface area (Å²) >= 11 is 3.49. The predicted octanol–water partition coefficient (Wildman–Crippen LogP) is 3.46. The molecule has 1 saturated carbocycles. The third-order valence-corrected chi connectivity index (χ3v) is 4.59. The van der Waals surface area contributed by atoms with Gasteiger partial charge >= 0.3 is 0 Å². The Labute approximate surface area is 118 Å². The van der Waals surface area contributed by atoms with Gasteiger partial charge in [0.25, 0.3) is 0 Å². The van der Waals surface area contributed by atoms with Gasteiger partial charge in [0.2, 0.25) is 0 Å². The molecule has 1 aromatic rings. The molecule has 1 aromatic carbocycles. The summed E-state index contributed by atoms with van der Waals surface area (Å²) in [6.45, 7) is 4.43. The molecular weight excluding hydrogens is 290 g/mol. The number of aliphatic hydroxyl groups is 1. The monoisotopic (exact) mass is 311 g/mol. The lowest BCUT2D eigenvalue weighted by Gasteiger charge is -2.19. The maximum atomic E-state index is 10.2. The number of benzene rings is 1. The lowest BCUT2D eigenvalue weighted by molar-refractivity contribution is 0.147. The minimum absolute atomic E-state index is 0.375. The first-order chi connectivity index (χ1) is 8.58. The van der Waals surface area contributed by atoms with Gasteiger partial charge in [-0.05, 0) is 43.4 Å². The summed E-state index contributed by atoms with van der Waals surface area (Å²) < 4.78 is 0.996. The fourth-order valence-electron chi connectivity index (χ4n) is 2.39. The molecule has 0 amide bonds. The zero-order valence-corrected chi connectivity index (χ0v) is 12.7. The third kappa shape index (κ3) is 3.81. The maximum Gasteiger partial charge on any atom is 0.0813 e. The van der Waals surface area contributed by atoms with Crippen LogP contribution >= 0.6 is 15.9 Å². The summed E-state index contributed by atoms with van der Waals surface area (Å²) in [5, 5.41) is 10.2. The zero-order chi connectivity index (χ0) is 13.1. The van der Waals surface area contributed by atoms with E-state index in [-0.39, 0.29) is 6.10 Å². The van der Waals surface area contributed by atoms with E-state index < -0.39 is 0 Å². The molecule has 0 radical (unpaired) electrons. The fourth-order valence-corrected chi connectivity index (χ4v) is 2.94. The molecule has 3 heteroatoms. The van der Waals surface area contributed by atoms with Crippen molar-refractivity contribution >= 4 is 15.9 Å². The first-order valence-electron chi connectivity index (χ1n) is 6.69. The number of nitrogens with zero attached hydrogens (tertiary/aromatic N) is 1. The van der Waals surface area contributed by atoms with Crippen LogP contribution in [0.15, 0.2) is 28.7 Å². The smallest absolute Gasteiger partial charge is 0.0813 e. The molecule has 3 atom stereocenters. The van der Waals surface area contributed by atoms with Gasteiger partial charge in [-0.15, -0.1) is 0 Å². The van der Waals surface area contributed by atoms with Crippen LogP contribution in [-0.4, -0.2) is 30.1 Å². The normalized spacial score (nSPS) is 24.3. The van der Waals surface area contributed by atoms with Crippen LogP contribution in [0.25, 0.3) is 0 Å². The maximum absolute atomic E-state index is 10.2. The number of rotatable bonds is 6. The highest BCUT2D eigenvalue weighted by Gasteiger charge is 2.32. The SMILES string of the molecule is CC1CC1CN(C)CCC(O)c1ccccc1Br. The van der Waals surface area contributed by atoms with Crippen LogP contribution in [0.2, 0.25) is 0 Å². The van der Waals surface area contributed by atoms with E-state index in [0.717, 1.165) is 34.8 Å². The third-order valence-electron chi connectivity index (χ3n) is 3.87. The lowest BCUT2D eigenvalue weighted by Crippen LogP contribution is -2.24. The van der Waals surface area contributed by atoms with Gasteiger partial charge in [-0.1, -0.05) is 41.1 Å². The van der Waals surface area contributed by atoms with Crippen molar-refractivity contribution in [2.45, 2.75) is 25.9 Å². The summed E-state index contributed by atoms with van der Waals surface area (Å²) in [6.07, 6.45) is 1.79. The molecule has 0 bridgehead atoms. The minimum atomic E-state index is -0.375. The number of hydrogen-bond donors (Lipinski definition) is 1. The Balaban J connectivity index is 1.77. The van der Waals surface area contributed by atoms with Gasteiger partial charge < -0.3 is 10.0 Å². The molecule has 1 N–H and O–H groups in total. The van der Waals surface area contributed by atoms with Crippen molar-refractivity contribution in [2.24, 2.45) is 11.8 Å². The highest BCUT2D eigenvalue weighted by atomic mass is 79.9. The lowest BCUT2D eigenvalue weighted by atomic mass is 10.1. The Bertz CT molecular complexity index is 396. The molecule has 2 rings (SSSR count). The first-order valence-corrected chi connectivity index (χ1v) is 7.48. The molecule has 1 aliphatic rings. The highest BCUT2D eigenvalue weighted by molar-refractivity contribution is 9.10. The van der Waals surface area contributed by atoms with Crippen LogP contribution < -0.4 is 0 Å². The molecule has 3 unspecified atom stereocenters. The van der Waals surface area contributed by atoms with E-state index in [9.17, 15) is 5.11 Å². The summed E-state index contributed by atoms with van der Waals surface area (Å²) in [5.41, 5.74) is 0.991. The van der Waals surface area contributed by atoms with Gasteiger partial charge in [0, 0.05) is 17.6 Å². The van der Waals surface area contributed by atoms with Crippen molar-refractivity contribution in [1.29, 1.82) is 0 Å². The van der Waals surface area contributed by atoms with Crippen molar-refractivity contribution in [1.82, 2.24) is 4.90 Å². The summed E-state index contributed by atoms with van der Waals surface area (Å²) in [5.74, 6) is 1.79. The van der Waals surface area contributed by atoms with E-state index >= 15 is 0 Å². The second kappa shape index (κ2) is 6.18. The Morgan fingerprint density at radius 2 is 2.11 bits per heavy atom. The van der Waals surface area contributed by atoms with E-state index in [1.54, 1.807) is 0 Å². The summed E-state index contributed by atoms with van der Waals surface area (Å²) in [6, 6.07) is 7.91. The molecule has 0 aromatic heterocycles. The van der Waals surface area contributed by atoms with Gasteiger partial charge in [0.1, 0.15) is 0 Å². The molecule has 100 valence electrons. The molecule has 1 fully saturated rings. The second-order valence-corrected chi connectivity index (χ2v) is 6.42. The topological polar surface area (TPSA) is 23.5 Å². The van der Waals surface area contributed by atoms with Crippen molar-refractivity contribution < 1.29 is 5.11 Å². The van der Waals surface area contributed by atoms with Crippen LogP contribution in [0.4, 0.5) is 0 Å². The van der Waals surface area contributed by atoms with E-state index in [1.165, 1.54) is 13.0 Å². The van der Waals surface area contributed by atoms with Gasteiger partial charge in [-0.25, -0.2) is 0 Å². The van der Waals surface area contributed by atoms with E-state index in [0.29, 0.717) is 0 Å². The van der Waals surface area contributed by atoms with Crippen molar-refractivity contribution in [3.8, 4) is 0 Å². The number of aliphatic hydroxyl groups excluding tert-OH is 1. The van der Waals surface area contributed by atoms with E-state index in [1.807, 2.05) is 24.3 Å². The molecule has 0 heterocycles. The quantitative estimate of drug-likeness (QED) is 0.869. The van der Waals surface area contributed by atoms with Gasteiger partial charge in [-0.3, -0.25) is 0 Å². The van der Waals surface area contributed by atoms with Crippen LogP contribution in [0, 0.1) is 11.8 Å². The first kappa shape index (κ1) is 14.0. The van der Waals surface area contributed by atoms with Crippen LogP contribution in [-0.2, 0) is 0 Å². The van der Waals surface area contributed by atoms with Crippen LogP contribution in [0.1, 0.15) is 31.4 Å². The fraction of sp³-hybridized carbons (Fsp3) is 0.600. The van der Waals surface area contributed by atoms with Crippen LogP contribution in [0.5, 0.6) is 0 Å². The molecule has 1 aliphatic carbocycles. The van der Waals surface area contributed by atoms with Crippen LogP contribution in [0.3, 0.4) is 0 Å². The van der Waals surface area contributed by atoms with Crippen molar-refractivity contribution in [3.63, 3.8) is 0 Å². The molecule has 0 aliphatic heterocycles. The molecule has 0 spiro atoms. The Kier molecular flexibility index (Phi) is 4.82. The molecule has 2 nitrogen and oxygen atoms in total. The van der Waals surface area contributed by atoms with Gasteiger partial charge in [-0.2, -0.15) is 0 Å². The zero-order valence-electron chi connectivity index (χ0n) is 11.1. The van der Waals surface area contributed by atoms with Gasteiger partial charge in [0.05, 0.1) is 6.10 Å². The minimum Gasteiger partial charge on any atom is -0.388 e. The highest BCUT2D eigenvalue weighted by Crippen LogP contribution is 2.38. The summed E-state index contributed by atoms with van der Waals surface area (Å²) in [7, 11) is 2.15.